The summed E-state index contributed by atoms with van der Waals surface area (Å²) in [5, 5.41) is 5.19. The molecule has 166 valence electrons. The Morgan fingerprint density at radius 3 is 2.53 bits per heavy atom. The standard InChI is InChI=1S/C22H22N4O6/c1-3-31-20(28)17-15(23-21(29)24-18(17)16-10-7-11-32-16)12-25-19(27)13(2)26(22(25)30)14-8-5-4-6-9-14/h4-11,13,18H,3,12H2,1-2H3,(H2,23,24,29). The van der Waals surface area contributed by atoms with Crippen molar-refractivity contribution in [2.24, 2.45) is 0 Å². The van der Waals surface area contributed by atoms with Crippen molar-refractivity contribution in [3.05, 3.63) is 65.8 Å². The molecule has 0 radical (unpaired) electrons. The Balaban J connectivity index is 1.72. The van der Waals surface area contributed by atoms with E-state index >= 15 is 0 Å². The first kappa shape index (κ1) is 21.2. The van der Waals surface area contributed by atoms with E-state index in [0.29, 0.717) is 11.4 Å². The minimum absolute atomic E-state index is 0.0628. The van der Waals surface area contributed by atoms with Gasteiger partial charge in [0.2, 0.25) is 0 Å². The number of furan rings is 1. The molecule has 0 saturated carbocycles. The third kappa shape index (κ3) is 3.70. The molecule has 10 nitrogen and oxygen atoms in total. The number of para-hydroxylation sites is 1. The van der Waals surface area contributed by atoms with Crippen LogP contribution in [-0.2, 0) is 14.3 Å². The summed E-state index contributed by atoms with van der Waals surface area (Å²) in [6.45, 7) is 3.08. The van der Waals surface area contributed by atoms with Gasteiger partial charge in [0.05, 0.1) is 30.7 Å². The Morgan fingerprint density at radius 2 is 1.88 bits per heavy atom. The maximum atomic E-state index is 13.1. The number of amides is 5. The Bertz CT molecular complexity index is 1080. The fourth-order valence-electron chi connectivity index (χ4n) is 3.81. The molecular formula is C22H22N4O6. The minimum atomic E-state index is -0.928. The molecule has 1 fully saturated rings. The molecular weight excluding hydrogens is 416 g/mol. The lowest BCUT2D eigenvalue weighted by atomic mass is 10.00. The van der Waals surface area contributed by atoms with Crippen molar-refractivity contribution in [2.75, 3.05) is 18.1 Å². The van der Waals surface area contributed by atoms with Crippen LogP contribution in [0, 0.1) is 0 Å². The molecule has 3 heterocycles. The van der Waals surface area contributed by atoms with Crippen molar-refractivity contribution in [1.29, 1.82) is 0 Å². The predicted molar refractivity (Wildman–Crippen MR) is 112 cm³/mol. The van der Waals surface area contributed by atoms with E-state index in [1.165, 1.54) is 11.2 Å². The number of benzene rings is 1. The molecule has 32 heavy (non-hydrogen) atoms. The zero-order chi connectivity index (χ0) is 22.8. The number of anilines is 1. The second-order valence-electron chi connectivity index (χ2n) is 7.25. The third-order valence-corrected chi connectivity index (χ3v) is 5.27. The van der Waals surface area contributed by atoms with Crippen LogP contribution in [0.15, 0.2) is 64.4 Å². The molecule has 1 aromatic heterocycles. The van der Waals surface area contributed by atoms with Crippen molar-refractivity contribution in [2.45, 2.75) is 25.9 Å². The number of urea groups is 2. The maximum Gasteiger partial charge on any atom is 0.338 e. The first-order valence-electron chi connectivity index (χ1n) is 10.1. The van der Waals surface area contributed by atoms with E-state index < -0.39 is 36.0 Å². The van der Waals surface area contributed by atoms with E-state index in [1.807, 2.05) is 6.07 Å². The lowest BCUT2D eigenvalue weighted by molar-refractivity contribution is -0.139. The van der Waals surface area contributed by atoms with E-state index in [-0.39, 0.29) is 24.4 Å². The number of hydrogen-bond acceptors (Lipinski definition) is 6. The number of nitrogens with one attached hydrogen (secondary N) is 2. The highest BCUT2D eigenvalue weighted by Gasteiger charge is 2.45. The van der Waals surface area contributed by atoms with Gasteiger partial charge in [0.15, 0.2) is 0 Å². The molecule has 2 aliphatic rings. The highest BCUT2D eigenvalue weighted by molar-refractivity contribution is 6.14. The van der Waals surface area contributed by atoms with E-state index in [9.17, 15) is 19.2 Å². The molecule has 0 aliphatic carbocycles. The molecule has 1 aromatic carbocycles. The molecule has 2 unspecified atom stereocenters. The summed E-state index contributed by atoms with van der Waals surface area (Å²) < 4.78 is 10.6. The van der Waals surface area contributed by atoms with Crippen LogP contribution in [0.3, 0.4) is 0 Å². The van der Waals surface area contributed by atoms with E-state index in [1.54, 1.807) is 50.2 Å². The Hall–Kier alpha value is -4.08. The molecule has 2 atom stereocenters. The van der Waals surface area contributed by atoms with Gasteiger partial charge in [-0.05, 0) is 38.1 Å². The molecule has 1 saturated heterocycles. The first-order valence-corrected chi connectivity index (χ1v) is 10.1. The summed E-state index contributed by atoms with van der Waals surface area (Å²) >= 11 is 0. The summed E-state index contributed by atoms with van der Waals surface area (Å²) in [6, 6.07) is 9.23. The van der Waals surface area contributed by atoms with Gasteiger partial charge in [0.1, 0.15) is 17.8 Å². The van der Waals surface area contributed by atoms with Crippen LogP contribution in [-0.4, -0.2) is 48.0 Å². The van der Waals surface area contributed by atoms with Crippen LogP contribution in [0.4, 0.5) is 15.3 Å². The molecule has 2 N–H and O–H groups in total. The quantitative estimate of drug-likeness (QED) is 0.527. The van der Waals surface area contributed by atoms with Gasteiger partial charge in [-0.1, -0.05) is 18.2 Å². The highest BCUT2D eigenvalue weighted by atomic mass is 16.5. The third-order valence-electron chi connectivity index (χ3n) is 5.27. The molecule has 2 aromatic rings. The number of carbonyl (C=O) groups is 4. The first-order chi connectivity index (χ1) is 15.4. The summed E-state index contributed by atoms with van der Waals surface area (Å²) in [7, 11) is 0. The van der Waals surface area contributed by atoms with Gasteiger partial charge in [-0.15, -0.1) is 0 Å². The summed E-state index contributed by atoms with van der Waals surface area (Å²) in [5.41, 5.74) is 0.730. The van der Waals surface area contributed by atoms with E-state index in [4.69, 9.17) is 9.15 Å². The van der Waals surface area contributed by atoms with Crippen LogP contribution >= 0.6 is 0 Å². The molecule has 10 heteroatoms. The average Bonchev–Trinajstić information content (AvgIpc) is 3.38. The van der Waals surface area contributed by atoms with Crippen LogP contribution in [0.1, 0.15) is 25.6 Å². The summed E-state index contributed by atoms with van der Waals surface area (Å²) in [6.07, 6.45) is 1.42. The molecule has 5 amide bonds. The number of ether oxygens (including phenoxy) is 1. The number of esters is 1. The highest BCUT2D eigenvalue weighted by Crippen LogP contribution is 2.31. The number of nitrogens with zero attached hydrogens (tertiary/aromatic N) is 2. The summed E-state index contributed by atoms with van der Waals surface area (Å²) in [5.74, 6) is -0.820. The lowest BCUT2D eigenvalue weighted by Crippen LogP contribution is -2.49. The van der Waals surface area contributed by atoms with E-state index in [0.717, 1.165) is 4.90 Å². The molecule has 0 spiro atoms. The van der Waals surface area contributed by atoms with Crippen molar-refractivity contribution < 1.29 is 28.3 Å². The Kier molecular flexibility index (Phi) is 5.67. The van der Waals surface area contributed by atoms with Crippen LogP contribution in [0.5, 0.6) is 0 Å². The monoisotopic (exact) mass is 438 g/mol. The zero-order valence-electron chi connectivity index (χ0n) is 17.5. The average molecular weight is 438 g/mol. The second kappa shape index (κ2) is 8.58. The number of carbonyl (C=O) groups excluding carboxylic acids is 4. The van der Waals surface area contributed by atoms with Crippen LogP contribution in [0.2, 0.25) is 0 Å². The zero-order valence-corrected chi connectivity index (χ0v) is 17.5. The number of rotatable bonds is 6. The predicted octanol–water partition coefficient (Wildman–Crippen LogP) is 2.31. The second-order valence-corrected chi connectivity index (χ2v) is 7.25. The molecule has 4 rings (SSSR count). The summed E-state index contributed by atoms with van der Waals surface area (Å²) in [4.78, 5) is 53.6. The van der Waals surface area contributed by atoms with Crippen molar-refractivity contribution in [3.63, 3.8) is 0 Å². The SMILES string of the molecule is CCOC(=O)C1=C(CN2C(=O)C(C)N(c3ccccc3)C2=O)NC(=O)NC1c1ccco1. The van der Waals surface area contributed by atoms with Crippen molar-refractivity contribution in [1.82, 2.24) is 15.5 Å². The maximum absolute atomic E-state index is 13.1. The van der Waals surface area contributed by atoms with Gasteiger partial charge >= 0.3 is 18.0 Å². The Labute approximate surface area is 183 Å². The minimum Gasteiger partial charge on any atom is -0.467 e. The van der Waals surface area contributed by atoms with E-state index in [2.05, 4.69) is 10.6 Å². The van der Waals surface area contributed by atoms with Gasteiger partial charge < -0.3 is 19.8 Å². The van der Waals surface area contributed by atoms with Gasteiger partial charge in [-0.2, -0.15) is 0 Å². The Morgan fingerprint density at radius 1 is 1.12 bits per heavy atom. The number of imide groups is 1. The topological polar surface area (TPSA) is 121 Å². The van der Waals surface area contributed by atoms with Crippen molar-refractivity contribution >= 4 is 29.6 Å². The van der Waals surface area contributed by atoms with Gasteiger partial charge in [-0.3, -0.25) is 14.6 Å². The lowest BCUT2D eigenvalue weighted by Gasteiger charge is -2.29. The fourth-order valence-corrected chi connectivity index (χ4v) is 3.81. The van der Waals surface area contributed by atoms with Gasteiger partial charge in [0, 0.05) is 5.69 Å². The van der Waals surface area contributed by atoms with Crippen LogP contribution in [0.25, 0.3) is 0 Å². The van der Waals surface area contributed by atoms with Gasteiger partial charge in [-0.25, -0.2) is 14.4 Å². The molecule has 2 aliphatic heterocycles. The van der Waals surface area contributed by atoms with Crippen molar-refractivity contribution in [3.8, 4) is 0 Å². The largest absolute Gasteiger partial charge is 0.467 e. The smallest absolute Gasteiger partial charge is 0.338 e. The van der Waals surface area contributed by atoms with Crippen LogP contribution < -0.4 is 15.5 Å². The normalized spacial score (nSPS) is 21.0. The number of hydrogen-bond donors (Lipinski definition) is 2. The van der Waals surface area contributed by atoms with Gasteiger partial charge in [0.25, 0.3) is 5.91 Å². The molecule has 0 bridgehead atoms. The fraction of sp³-hybridized carbons (Fsp3) is 0.273.